The van der Waals surface area contributed by atoms with Crippen LogP contribution in [0, 0.1) is 0 Å². The summed E-state index contributed by atoms with van der Waals surface area (Å²) in [5.74, 6) is 2.17. The average molecular weight is 273 g/mol. The van der Waals surface area contributed by atoms with E-state index in [4.69, 9.17) is 4.74 Å². The predicted octanol–water partition coefficient (Wildman–Crippen LogP) is -0.470. The van der Waals surface area contributed by atoms with Crippen molar-refractivity contribution in [2.45, 2.75) is 12.5 Å². The van der Waals surface area contributed by atoms with Crippen molar-refractivity contribution in [3.8, 4) is 0 Å². The van der Waals surface area contributed by atoms with Crippen molar-refractivity contribution >= 4 is 17.7 Å². The number of hydrogen-bond donors (Lipinski definition) is 2. The lowest BCUT2D eigenvalue weighted by molar-refractivity contribution is -0.122. The smallest absolute Gasteiger partial charge is 0.237 e. The number of ether oxygens (including phenoxy) is 1. The molecule has 0 radical (unpaired) electrons. The monoisotopic (exact) mass is 273 g/mol. The Morgan fingerprint density at radius 3 is 3.00 bits per heavy atom. The predicted molar refractivity (Wildman–Crippen MR) is 74.0 cm³/mol. The van der Waals surface area contributed by atoms with Gasteiger partial charge in [0.25, 0.3) is 0 Å². The van der Waals surface area contributed by atoms with Gasteiger partial charge in [-0.2, -0.15) is 11.8 Å². The number of carbonyl (C=O) groups excluding carboxylic acids is 1. The SMILES string of the molecule is O=C(NCCCN1CCOCC1)C1CSCCN1. The van der Waals surface area contributed by atoms with Crippen molar-refractivity contribution in [2.75, 3.05) is 57.4 Å². The Morgan fingerprint density at radius 1 is 1.44 bits per heavy atom. The Labute approximate surface area is 113 Å². The van der Waals surface area contributed by atoms with Crippen LogP contribution in [0.3, 0.4) is 0 Å². The molecule has 104 valence electrons. The van der Waals surface area contributed by atoms with Gasteiger partial charge in [-0.3, -0.25) is 9.69 Å². The van der Waals surface area contributed by atoms with E-state index in [1.165, 1.54) is 0 Å². The van der Waals surface area contributed by atoms with E-state index in [1.807, 2.05) is 11.8 Å². The van der Waals surface area contributed by atoms with Crippen LogP contribution >= 0.6 is 11.8 Å². The lowest BCUT2D eigenvalue weighted by Crippen LogP contribution is -2.49. The second-order valence-corrected chi connectivity index (χ2v) is 5.83. The van der Waals surface area contributed by atoms with Gasteiger partial charge in [-0.05, 0) is 13.0 Å². The zero-order valence-corrected chi connectivity index (χ0v) is 11.6. The molecule has 0 saturated carbocycles. The molecule has 2 aliphatic heterocycles. The summed E-state index contributed by atoms with van der Waals surface area (Å²) in [5, 5.41) is 6.27. The van der Waals surface area contributed by atoms with E-state index in [0.717, 1.165) is 63.9 Å². The summed E-state index contributed by atoms with van der Waals surface area (Å²) >= 11 is 1.85. The second kappa shape index (κ2) is 7.99. The molecule has 1 atom stereocenters. The Bertz CT molecular complexity index is 254. The maximum atomic E-state index is 11.8. The van der Waals surface area contributed by atoms with E-state index in [-0.39, 0.29) is 11.9 Å². The number of hydrogen-bond acceptors (Lipinski definition) is 5. The van der Waals surface area contributed by atoms with Crippen LogP contribution in [0.1, 0.15) is 6.42 Å². The van der Waals surface area contributed by atoms with Crippen molar-refractivity contribution in [3.05, 3.63) is 0 Å². The number of rotatable bonds is 5. The van der Waals surface area contributed by atoms with Gasteiger partial charge in [-0.15, -0.1) is 0 Å². The summed E-state index contributed by atoms with van der Waals surface area (Å²) in [4.78, 5) is 14.2. The van der Waals surface area contributed by atoms with E-state index in [1.54, 1.807) is 0 Å². The number of nitrogens with one attached hydrogen (secondary N) is 2. The molecule has 2 heterocycles. The van der Waals surface area contributed by atoms with Crippen molar-refractivity contribution in [2.24, 2.45) is 0 Å². The van der Waals surface area contributed by atoms with Crippen molar-refractivity contribution in [1.82, 2.24) is 15.5 Å². The highest BCUT2D eigenvalue weighted by Crippen LogP contribution is 2.07. The molecular weight excluding hydrogens is 250 g/mol. The van der Waals surface area contributed by atoms with E-state index < -0.39 is 0 Å². The van der Waals surface area contributed by atoms with Gasteiger partial charge in [-0.1, -0.05) is 0 Å². The van der Waals surface area contributed by atoms with Crippen molar-refractivity contribution < 1.29 is 9.53 Å². The molecule has 2 fully saturated rings. The molecule has 0 spiro atoms. The first-order valence-electron chi connectivity index (χ1n) is 6.75. The van der Waals surface area contributed by atoms with Gasteiger partial charge in [0.15, 0.2) is 0 Å². The number of carbonyl (C=O) groups is 1. The van der Waals surface area contributed by atoms with E-state index in [0.29, 0.717) is 0 Å². The maximum Gasteiger partial charge on any atom is 0.237 e. The van der Waals surface area contributed by atoms with Crippen LogP contribution in [0.15, 0.2) is 0 Å². The standard InChI is InChI=1S/C12H23N3O2S/c16-12(11-10-18-9-3-13-11)14-2-1-4-15-5-7-17-8-6-15/h11,13H,1-10H2,(H,14,16). The third-order valence-corrected chi connectivity index (χ3v) is 4.35. The topological polar surface area (TPSA) is 53.6 Å². The van der Waals surface area contributed by atoms with Crippen LogP contribution in [-0.2, 0) is 9.53 Å². The molecule has 1 unspecified atom stereocenters. The Kier molecular flexibility index (Phi) is 6.26. The van der Waals surface area contributed by atoms with Gasteiger partial charge in [-0.25, -0.2) is 0 Å². The minimum absolute atomic E-state index is 0.00661. The third kappa shape index (κ3) is 4.76. The molecular formula is C12H23N3O2S. The van der Waals surface area contributed by atoms with Gasteiger partial charge in [0.1, 0.15) is 0 Å². The summed E-state index contributed by atoms with van der Waals surface area (Å²) in [6.45, 7) is 6.50. The fourth-order valence-electron chi connectivity index (χ4n) is 2.20. The lowest BCUT2D eigenvalue weighted by Gasteiger charge is -2.26. The van der Waals surface area contributed by atoms with Crippen LogP contribution in [-0.4, -0.2) is 74.3 Å². The number of morpholine rings is 1. The van der Waals surface area contributed by atoms with Crippen LogP contribution in [0.25, 0.3) is 0 Å². The Morgan fingerprint density at radius 2 is 2.28 bits per heavy atom. The summed E-state index contributed by atoms with van der Waals surface area (Å²) < 4.78 is 5.30. The first kappa shape index (κ1) is 14.1. The number of nitrogens with zero attached hydrogens (tertiary/aromatic N) is 1. The van der Waals surface area contributed by atoms with Crippen LogP contribution < -0.4 is 10.6 Å². The van der Waals surface area contributed by atoms with Crippen LogP contribution in [0.4, 0.5) is 0 Å². The molecule has 2 aliphatic rings. The summed E-state index contributed by atoms with van der Waals surface area (Å²) in [6, 6.07) is 0.00661. The zero-order chi connectivity index (χ0) is 12.6. The molecule has 0 bridgehead atoms. The van der Waals surface area contributed by atoms with Crippen LogP contribution in [0.2, 0.25) is 0 Å². The average Bonchev–Trinajstić information content (AvgIpc) is 2.45. The molecule has 2 saturated heterocycles. The molecule has 5 nitrogen and oxygen atoms in total. The summed E-state index contributed by atoms with van der Waals surface area (Å²) in [7, 11) is 0. The lowest BCUT2D eigenvalue weighted by atomic mass is 10.3. The quantitative estimate of drug-likeness (QED) is 0.663. The van der Waals surface area contributed by atoms with Gasteiger partial charge in [0, 0.05) is 37.7 Å². The largest absolute Gasteiger partial charge is 0.379 e. The third-order valence-electron chi connectivity index (χ3n) is 3.29. The van der Waals surface area contributed by atoms with Gasteiger partial charge < -0.3 is 15.4 Å². The molecule has 2 N–H and O–H groups in total. The van der Waals surface area contributed by atoms with Crippen molar-refractivity contribution in [3.63, 3.8) is 0 Å². The molecule has 18 heavy (non-hydrogen) atoms. The van der Waals surface area contributed by atoms with E-state index in [2.05, 4.69) is 15.5 Å². The van der Waals surface area contributed by atoms with Crippen molar-refractivity contribution in [1.29, 1.82) is 0 Å². The highest BCUT2D eigenvalue weighted by molar-refractivity contribution is 7.99. The van der Waals surface area contributed by atoms with E-state index in [9.17, 15) is 4.79 Å². The summed E-state index contributed by atoms with van der Waals surface area (Å²) in [6.07, 6.45) is 1.02. The Hall–Kier alpha value is -0.300. The molecule has 0 aromatic rings. The molecule has 0 aliphatic carbocycles. The highest BCUT2D eigenvalue weighted by Gasteiger charge is 2.20. The van der Waals surface area contributed by atoms with Crippen LogP contribution in [0.5, 0.6) is 0 Å². The van der Waals surface area contributed by atoms with Gasteiger partial charge in [0.05, 0.1) is 19.3 Å². The molecule has 1 amide bonds. The molecule has 0 aromatic carbocycles. The first-order valence-corrected chi connectivity index (χ1v) is 7.90. The number of thioether (sulfide) groups is 1. The maximum absolute atomic E-state index is 11.8. The Balaban J connectivity index is 1.52. The first-order chi connectivity index (χ1) is 8.86. The highest BCUT2D eigenvalue weighted by atomic mass is 32.2. The minimum Gasteiger partial charge on any atom is -0.379 e. The molecule has 6 heteroatoms. The van der Waals surface area contributed by atoms with E-state index >= 15 is 0 Å². The normalized spacial score (nSPS) is 25.9. The zero-order valence-electron chi connectivity index (χ0n) is 10.8. The molecule has 2 rings (SSSR count). The minimum atomic E-state index is 0.00661. The van der Waals surface area contributed by atoms with Gasteiger partial charge in [0.2, 0.25) is 5.91 Å². The fraction of sp³-hybridized carbons (Fsp3) is 0.917. The van der Waals surface area contributed by atoms with Gasteiger partial charge >= 0.3 is 0 Å². The fourth-order valence-corrected chi connectivity index (χ4v) is 3.13. The number of amides is 1. The summed E-state index contributed by atoms with van der Waals surface area (Å²) in [5.41, 5.74) is 0. The second-order valence-electron chi connectivity index (χ2n) is 4.68. The molecule has 0 aromatic heterocycles.